The number of anilines is 2. The van der Waals surface area contributed by atoms with Gasteiger partial charge in [0, 0.05) is 31.9 Å². The van der Waals surface area contributed by atoms with Crippen LogP contribution in [0.25, 0.3) is 0 Å². The Kier molecular flexibility index (Phi) is 4.47. The summed E-state index contributed by atoms with van der Waals surface area (Å²) in [4.78, 5) is 31.3. The van der Waals surface area contributed by atoms with Gasteiger partial charge < -0.3 is 4.90 Å². The maximum Gasteiger partial charge on any atom is 0.251 e. The molecule has 134 valence electrons. The number of hydrogen-bond donors (Lipinski definition) is 0. The average molecular weight is 349 g/mol. The maximum atomic E-state index is 12.9. The summed E-state index contributed by atoms with van der Waals surface area (Å²) in [6.07, 6.45) is 0.276. The molecule has 26 heavy (non-hydrogen) atoms. The Labute approximate surface area is 153 Å². The summed E-state index contributed by atoms with van der Waals surface area (Å²) in [6, 6.07) is 17.6. The predicted molar refractivity (Wildman–Crippen MR) is 102 cm³/mol. The molecule has 0 N–H and O–H groups in total. The standard InChI is InChI=1S/C21H23N3O2/c1-16-6-5-9-18(14-16)24-20(25)15-19(21(24)26)23-12-10-22(11-13-23)17-7-3-2-4-8-17/h2-9,14,19H,10-13,15H2,1H3/t19-/m0/s1. The number of imide groups is 1. The molecule has 2 fully saturated rings. The lowest BCUT2D eigenvalue weighted by atomic mass is 10.1. The molecule has 1 atom stereocenters. The number of amides is 2. The van der Waals surface area contributed by atoms with Crippen molar-refractivity contribution in [2.45, 2.75) is 19.4 Å². The molecular formula is C21H23N3O2. The van der Waals surface area contributed by atoms with Gasteiger partial charge >= 0.3 is 0 Å². The molecule has 0 bridgehead atoms. The van der Waals surface area contributed by atoms with Crippen molar-refractivity contribution in [2.24, 2.45) is 0 Å². The van der Waals surface area contributed by atoms with Crippen LogP contribution in [0.15, 0.2) is 54.6 Å². The molecule has 0 spiro atoms. The average Bonchev–Trinajstić information content (AvgIpc) is 2.97. The number of rotatable bonds is 3. The smallest absolute Gasteiger partial charge is 0.251 e. The summed E-state index contributed by atoms with van der Waals surface area (Å²) in [7, 11) is 0. The van der Waals surface area contributed by atoms with Crippen LogP contribution in [0.1, 0.15) is 12.0 Å². The normalized spacial score (nSPS) is 21.5. The van der Waals surface area contributed by atoms with Gasteiger partial charge in [-0.15, -0.1) is 0 Å². The Morgan fingerprint density at radius 1 is 0.846 bits per heavy atom. The van der Waals surface area contributed by atoms with Crippen molar-refractivity contribution in [3.05, 3.63) is 60.2 Å². The molecule has 4 rings (SSSR count). The van der Waals surface area contributed by atoms with Gasteiger partial charge in [0.15, 0.2) is 0 Å². The third-order valence-corrected chi connectivity index (χ3v) is 5.26. The van der Waals surface area contributed by atoms with Gasteiger partial charge in [-0.05, 0) is 36.8 Å². The number of hydrogen-bond acceptors (Lipinski definition) is 4. The highest BCUT2D eigenvalue weighted by molar-refractivity contribution is 6.22. The molecule has 2 aromatic rings. The van der Waals surface area contributed by atoms with Crippen LogP contribution in [0, 0.1) is 6.92 Å². The summed E-state index contributed by atoms with van der Waals surface area (Å²) in [5, 5.41) is 0. The lowest BCUT2D eigenvalue weighted by Gasteiger charge is -2.38. The van der Waals surface area contributed by atoms with Gasteiger partial charge in [-0.3, -0.25) is 14.5 Å². The fourth-order valence-corrected chi connectivity index (χ4v) is 3.87. The molecule has 0 unspecified atom stereocenters. The van der Waals surface area contributed by atoms with Crippen molar-refractivity contribution in [1.82, 2.24) is 4.90 Å². The molecule has 2 aliphatic rings. The second-order valence-electron chi connectivity index (χ2n) is 6.98. The van der Waals surface area contributed by atoms with Gasteiger partial charge in [-0.1, -0.05) is 30.3 Å². The maximum absolute atomic E-state index is 12.9. The molecule has 0 saturated carbocycles. The van der Waals surface area contributed by atoms with Crippen LogP contribution in [0.2, 0.25) is 0 Å². The van der Waals surface area contributed by atoms with E-state index in [0.717, 1.165) is 31.7 Å². The molecule has 2 aromatic carbocycles. The van der Waals surface area contributed by atoms with Gasteiger partial charge in [-0.2, -0.15) is 0 Å². The number of piperazine rings is 1. The van der Waals surface area contributed by atoms with Crippen LogP contribution in [-0.2, 0) is 9.59 Å². The van der Waals surface area contributed by atoms with Gasteiger partial charge in [0.05, 0.1) is 18.2 Å². The zero-order valence-corrected chi connectivity index (χ0v) is 15.0. The molecule has 0 aromatic heterocycles. The minimum atomic E-state index is -0.332. The van der Waals surface area contributed by atoms with Crippen molar-refractivity contribution in [3.8, 4) is 0 Å². The van der Waals surface area contributed by atoms with Gasteiger partial charge in [0.2, 0.25) is 5.91 Å². The summed E-state index contributed by atoms with van der Waals surface area (Å²) in [5.74, 6) is -0.190. The highest BCUT2D eigenvalue weighted by Crippen LogP contribution is 2.27. The number of carbonyl (C=O) groups excluding carboxylic acids is 2. The van der Waals surface area contributed by atoms with Crippen LogP contribution in [-0.4, -0.2) is 48.9 Å². The van der Waals surface area contributed by atoms with E-state index in [2.05, 4.69) is 21.9 Å². The monoisotopic (exact) mass is 349 g/mol. The van der Waals surface area contributed by atoms with Crippen molar-refractivity contribution < 1.29 is 9.59 Å². The third-order valence-electron chi connectivity index (χ3n) is 5.26. The lowest BCUT2D eigenvalue weighted by Crippen LogP contribution is -2.52. The van der Waals surface area contributed by atoms with Gasteiger partial charge in [-0.25, -0.2) is 4.90 Å². The lowest BCUT2D eigenvalue weighted by molar-refractivity contribution is -0.123. The summed E-state index contributed by atoms with van der Waals surface area (Å²) < 4.78 is 0. The highest BCUT2D eigenvalue weighted by Gasteiger charge is 2.43. The number of aryl methyl sites for hydroxylation is 1. The molecule has 0 radical (unpaired) electrons. The van der Waals surface area contributed by atoms with E-state index in [0.29, 0.717) is 5.69 Å². The van der Waals surface area contributed by atoms with Crippen LogP contribution >= 0.6 is 0 Å². The molecule has 5 nitrogen and oxygen atoms in total. The second kappa shape index (κ2) is 6.92. The Morgan fingerprint density at radius 2 is 1.54 bits per heavy atom. The molecular weight excluding hydrogens is 326 g/mol. The predicted octanol–water partition coefficient (Wildman–Crippen LogP) is 2.45. The number of benzene rings is 2. The summed E-state index contributed by atoms with van der Waals surface area (Å²) >= 11 is 0. The Hall–Kier alpha value is -2.66. The Balaban J connectivity index is 1.45. The Bertz CT molecular complexity index is 813. The number of para-hydroxylation sites is 1. The van der Waals surface area contributed by atoms with Crippen molar-refractivity contribution >= 4 is 23.2 Å². The third kappa shape index (κ3) is 3.10. The van der Waals surface area contributed by atoms with Crippen LogP contribution in [0.5, 0.6) is 0 Å². The van der Waals surface area contributed by atoms with E-state index in [1.165, 1.54) is 10.6 Å². The van der Waals surface area contributed by atoms with Crippen LogP contribution in [0.3, 0.4) is 0 Å². The van der Waals surface area contributed by atoms with E-state index in [9.17, 15) is 9.59 Å². The fourth-order valence-electron chi connectivity index (χ4n) is 3.87. The van der Waals surface area contributed by atoms with E-state index >= 15 is 0 Å². The zero-order valence-electron chi connectivity index (χ0n) is 15.0. The van der Waals surface area contributed by atoms with E-state index in [1.54, 1.807) is 0 Å². The minimum Gasteiger partial charge on any atom is -0.369 e. The molecule has 2 saturated heterocycles. The highest BCUT2D eigenvalue weighted by atomic mass is 16.2. The molecule has 0 aliphatic carbocycles. The van der Waals surface area contributed by atoms with E-state index < -0.39 is 0 Å². The first-order valence-electron chi connectivity index (χ1n) is 9.11. The molecule has 2 aliphatic heterocycles. The SMILES string of the molecule is Cc1cccc(N2C(=O)C[C@H](N3CCN(c4ccccc4)CC3)C2=O)c1. The summed E-state index contributed by atoms with van der Waals surface area (Å²) in [6.45, 7) is 5.29. The molecule has 5 heteroatoms. The minimum absolute atomic E-state index is 0.0891. The first kappa shape index (κ1) is 16.8. The van der Waals surface area contributed by atoms with E-state index in [4.69, 9.17) is 0 Å². The second-order valence-corrected chi connectivity index (χ2v) is 6.98. The quantitative estimate of drug-likeness (QED) is 0.799. The number of nitrogens with zero attached hydrogens (tertiary/aromatic N) is 3. The molecule has 2 amide bonds. The Morgan fingerprint density at radius 3 is 2.23 bits per heavy atom. The topological polar surface area (TPSA) is 43.9 Å². The van der Waals surface area contributed by atoms with Crippen LogP contribution in [0.4, 0.5) is 11.4 Å². The largest absolute Gasteiger partial charge is 0.369 e. The summed E-state index contributed by atoms with van der Waals surface area (Å²) in [5.41, 5.74) is 2.94. The first-order chi connectivity index (χ1) is 12.6. The molecule has 2 heterocycles. The van der Waals surface area contributed by atoms with E-state index in [1.807, 2.05) is 49.4 Å². The van der Waals surface area contributed by atoms with Crippen LogP contribution < -0.4 is 9.80 Å². The van der Waals surface area contributed by atoms with Crippen molar-refractivity contribution in [3.63, 3.8) is 0 Å². The zero-order chi connectivity index (χ0) is 18.1. The fraction of sp³-hybridized carbons (Fsp3) is 0.333. The van der Waals surface area contributed by atoms with Gasteiger partial charge in [0.1, 0.15) is 0 Å². The van der Waals surface area contributed by atoms with Crippen molar-refractivity contribution in [1.29, 1.82) is 0 Å². The van der Waals surface area contributed by atoms with E-state index in [-0.39, 0.29) is 24.3 Å². The first-order valence-corrected chi connectivity index (χ1v) is 9.11. The van der Waals surface area contributed by atoms with Crippen molar-refractivity contribution in [2.75, 3.05) is 36.0 Å². The van der Waals surface area contributed by atoms with Gasteiger partial charge in [0.25, 0.3) is 5.91 Å². The number of carbonyl (C=O) groups is 2.